The fourth-order valence-corrected chi connectivity index (χ4v) is 3.18. The molecule has 0 radical (unpaired) electrons. The molecule has 0 saturated heterocycles. The second kappa shape index (κ2) is 6.58. The summed E-state index contributed by atoms with van der Waals surface area (Å²) in [6, 6.07) is 24.9. The minimum atomic E-state index is -0.0408. The van der Waals surface area contributed by atoms with Crippen LogP contribution in [0.5, 0.6) is 5.75 Å². The highest BCUT2D eigenvalue weighted by molar-refractivity contribution is 6.32. The topological polar surface area (TPSA) is 26.3 Å². The van der Waals surface area contributed by atoms with Gasteiger partial charge in [0.15, 0.2) is 12.4 Å². The Hall–Kier alpha value is -2.84. The molecule has 2 nitrogen and oxygen atoms in total. The maximum atomic E-state index is 12.3. The average molecular weight is 347 g/mol. The summed E-state index contributed by atoms with van der Waals surface area (Å²) in [6.07, 6.45) is 0. The number of carbonyl (C=O) groups is 1. The summed E-state index contributed by atoms with van der Waals surface area (Å²) in [6.45, 7) is 0.00705. The first-order chi connectivity index (χ1) is 12.2. The number of carbonyl (C=O) groups excluding carboxylic acids is 1. The number of benzene rings is 4. The Morgan fingerprint density at radius 3 is 2.32 bits per heavy atom. The van der Waals surface area contributed by atoms with E-state index in [0.717, 1.165) is 21.5 Å². The zero-order valence-electron chi connectivity index (χ0n) is 13.4. The third-order valence-electron chi connectivity index (χ3n) is 4.24. The molecule has 0 atom stereocenters. The summed E-state index contributed by atoms with van der Waals surface area (Å²) < 4.78 is 5.89. The van der Waals surface area contributed by atoms with Gasteiger partial charge in [-0.2, -0.15) is 0 Å². The monoisotopic (exact) mass is 346 g/mol. The van der Waals surface area contributed by atoms with Crippen LogP contribution in [-0.2, 0) is 0 Å². The van der Waals surface area contributed by atoms with Crippen molar-refractivity contribution in [1.82, 2.24) is 0 Å². The fourth-order valence-electron chi connectivity index (χ4n) is 3.01. The third-order valence-corrected chi connectivity index (χ3v) is 4.47. The lowest BCUT2D eigenvalue weighted by Crippen LogP contribution is -2.11. The van der Waals surface area contributed by atoms with E-state index in [2.05, 4.69) is 0 Å². The smallest absolute Gasteiger partial charge is 0.200 e. The minimum Gasteiger partial charge on any atom is -0.485 e. The molecule has 0 aliphatic carbocycles. The van der Waals surface area contributed by atoms with E-state index >= 15 is 0 Å². The number of rotatable bonds is 4. The SMILES string of the molecule is O=C(COc1cc2ccc(Cl)cc2c2ccccc12)c1ccccc1. The normalized spacial score (nSPS) is 10.9. The van der Waals surface area contributed by atoms with E-state index in [0.29, 0.717) is 16.3 Å². The first kappa shape index (κ1) is 15.7. The molecular weight excluding hydrogens is 332 g/mol. The van der Waals surface area contributed by atoms with Gasteiger partial charge in [0.05, 0.1) is 0 Å². The number of ether oxygens (including phenoxy) is 1. The quantitative estimate of drug-likeness (QED) is 0.339. The zero-order chi connectivity index (χ0) is 17.2. The maximum absolute atomic E-state index is 12.3. The molecule has 0 heterocycles. The summed E-state index contributed by atoms with van der Waals surface area (Å²) in [4.78, 5) is 12.3. The summed E-state index contributed by atoms with van der Waals surface area (Å²) in [5.41, 5.74) is 0.652. The minimum absolute atomic E-state index is 0.00705. The van der Waals surface area contributed by atoms with Crippen molar-refractivity contribution < 1.29 is 9.53 Å². The predicted octanol–water partition coefficient (Wildman–Crippen LogP) is 5.91. The molecular formula is C22H15ClO2. The van der Waals surface area contributed by atoms with E-state index in [-0.39, 0.29) is 12.4 Å². The lowest BCUT2D eigenvalue weighted by Gasteiger charge is -2.12. The van der Waals surface area contributed by atoms with Crippen LogP contribution in [0.2, 0.25) is 5.02 Å². The fraction of sp³-hybridized carbons (Fsp3) is 0.0455. The number of fused-ring (bicyclic) bond motifs is 3. The summed E-state index contributed by atoms with van der Waals surface area (Å²) in [5.74, 6) is 0.663. The Bertz CT molecular complexity index is 1070. The van der Waals surface area contributed by atoms with Crippen molar-refractivity contribution in [2.75, 3.05) is 6.61 Å². The van der Waals surface area contributed by atoms with Crippen LogP contribution in [0, 0.1) is 0 Å². The van der Waals surface area contributed by atoms with Gasteiger partial charge in [0.25, 0.3) is 0 Å². The van der Waals surface area contributed by atoms with Crippen LogP contribution < -0.4 is 4.74 Å². The molecule has 122 valence electrons. The number of Topliss-reactive ketones (excluding diaryl/α,β-unsaturated/α-hetero) is 1. The number of hydrogen-bond donors (Lipinski definition) is 0. The second-order valence-corrected chi connectivity index (χ2v) is 6.30. The zero-order valence-corrected chi connectivity index (χ0v) is 14.2. The number of halogens is 1. The van der Waals surface area contributed by atoms with Gasteiger partial charge < -0.3 is 4.74 Å². The van der Waals surface area contributed by atoms with Gasteiger partial charge >= 0.3 is 0 Å². The van der Waals surface area contributed by atoms with Crippen molar-refractivity contribution in [1.29, 1.82) is 0 Å². The van der Waals surface area contributed by atoms with Gasteiger partial charge in [0, 0.05) is 16.0 Å². The largest absolute Gasteiger partial charge is 0.485 e. The van der Waals surface area contributed by atoms with Crippen molar-refractivity contribution in [2.45, 2.75) is 0 Å². The summed E-state index contributed by atoms with van der Waals surface area (Å²) >= 11 is 6.15. The predicted molar refractivity (Wildman–Crippen MR) is 103 cm³/mol. The number of ketones is 1. The average Bonchev–Trinajstić information content (AvgIpc) is 2.67. The van der Waals surface area contributed by atoms with Gasteiger partial charge in [-0.15, -0.1) is 0 Å². The molecule has 0 aromatic heterocycles. The van der Waals surface area contributed by atoms with Crippen molar-refractivity contribution in [2.24, 2.45) is 0 Å². The van der Waals surface area contributed by atoms with Gasteiger partial charge in [-0.05, 0) is 34.4 Å². The van der Waals surface area contributed by atoms with Crippen molar-refractivity contribution in [3.63, 3.8) is 0 Å². The van der Waals surface area contributed by atoms with Crippen LogP contribution in [-0.4, -0.2) is 12.4 Å². The lowest BCUT2D eigenvalue weighted by atomic mass is 10.0. The van der Waals surface area contributed by atoms with Crippen LogP contribution in [0.3, 0.4) is 0 Å². The first-order valence-corrected chi connectivity index (χ1v) is 8.42. The number of hydrogen-bond acceptors (Lipinski definition) is 2. The van der Waals surface area contributed by atoms with E-state index in [1.807, 2.05) is 66.7 Å². The van der Waals surface area contributed by atoms with Crippen LogP contribution in [0.15, 0.2) is 78.9 Å². The Balaban J connectivity index is 1.73. The molecule has 4 aromatic carbocycles. The van der Waals surface area contributed by atoms with Gasteiger partial charge in [0.1, 0.15) is 5.75 Å². The highest BCUT2D eigenvalue weighted by Gasteiger charge is 2.11. The Labute approximate surface area is 150 Å². The van der Waals surface area contributed by atoms with Crippen LogP contribution in [0.25, 0.3) is 21.5 Å². The molecule has 4 aromatic rings. The van der Waals surface area contributed by atoms with Gasteiger partial charge in [-0.1, -0.05) is 72.3 Å². The first-order valence-electron chi connectivity index (χ1n) is 8.04. The molecule has 0 saturated carbocycles. The molecule has 0 spiro atoms. The molecule has 0 fully saturated rings. The van der Waals surface area contributed by atoms with E-state index in [1.54, 1.807) is 12.1 Å². The molecule has 25 heavy (non-hydrogen) atoms. The van der Waals surface area contributed by atoms with E-state index in [4.69, 9.17) is 16.3 Å². The lowest BCUT2D eigenvalue weighted by molar-refractivity contribution is 0.0922. The van der Waals surface area contributed by atoms with Crippen molar-refractivity contribution in [3.8, 4) is 5.75 Å². The third kappa shape index (κ3) is 3.09. The second-order valence-electron chi connectivity index (χ2n) is 5.86. The Morgan fingerprint density at radius 2 is 1.52 bits per heavy atom. The summed E-state index contributed by atoms with van der Waals surface area (Å²) in [5, 5.41) is 4.84. The molecule has 0 aliphatic heterocycles. The van der Waals surface area contributed by atoms with Crippen molar-refractivity contribution >= 4 is 38.9 Å². The van der Waals surface area contributed by atoms with Crippen LogP contribution in [0.4, 0.5) is 0 Å². The summed E-state index contributed by atoms with van der Waals surface area (Å²) in [7, 11) is 0. The highest BCUT2D eigenvalue weighted by Crippen LogP contribution is 2.34. The molecule has 4 rings (SSSR count). The maximum Gasteiger partial charge on any atom is 0.200 e. The van der Waals surface area contributed by atoms with Crippen LogP contribution in [0.1, 0.15) is 10.4 Å². The molecule has 0 bridgehead atoms. The molecule has 0 aliphatic rings. The molecule has 3 heteroatoms. The van der Waals surface area contributed by atoms with Crippen molar-refractivity contribution in [3.05, 3.63) is 89.4 Å². The Kier molecular flexibility index (Phi) is 4.12. The molecule has 0 N–H and O–H groups in total. The van der Waals surface area contributed by atoms with Gasteiger partial charge in [0.2, 0.25) is 0 Å². The Morgan fingerprint density at radius 1 is 0.800 bits per heavy atom. The van der Waals surface area contributed by atoms with Gasteiger partial charge in [-0.3, -0.25) is 4.79 Å². The van der Waals surface area contributed by atoms with Gasteiger partial charge in [-0.25, -0.2) is 0 Å². The highest BCUT2D eigenvalue weighted by atomic mass is 35.5. The van der Waals surface area contributed by atoms with Crippen LogP contribution >= 0.6 is 11.6 Å². The van der Waals surface area contributed by atoms with E-state index in [1.165, 1.54) is 0 Å². The van der Waals surface area contributed by atoms with E-state index < -0.39 is 0 Å². The van der Waals surface area contributed by atoms with E-state index in [9.17, 15) is 4.79 Å². The standard InChI is InChI=1S/C22H15ClO2/c23-17-11-10-16-12-22(19-9-5-4-8-18(19)20(16)13-17)25-14-21(24)15-6-2-1-3-7-15/h1-13H,14H2. The molecule has 0 unspecified atom stereocenters. The molecule has 0 amide bonds.